The van der Waals surface area contributed by atoms with E-state index in [2.05, 4.69) is 10.6 Å². The molecule has 0 spiro atoms. The lowest BCUT2D eigenvalue weighted by atomic mass is 10.2. The lowest BCUT2D eigenvalue weighted by Gasteiger charge is -2.05. The van der Waals surface area contributed by atoms with Crippen molar-refractivity contribution in [2.24, 2.45) is 0 Å². The molecule has 0 aliphatic rings. The van der Waals surface area contributed by atoms with Crippen molar-refractivity contribution in [3.8, 4) is 6.07 Å². The van der Waals surface area contributed by atoms with Gasteiger partial charge in [-0.2, -0.15) is 5.26 Å². The third-order valence-corrected chi connectivity index (χ3v) is 2.64. The Bertz CT molecular complexity index is 521. The van der Waals surface area contributed by atoms with Crippen LogP contribution in [0.25, 0.3) is 0 Å². The van der Waals surface area contributed by atoms with Gasteiger partial charge < -0.3 is 15.4 Å². The summed E-state index contributed by atoms with van der Waals surface area (Å²) in [6.45, 7) is 1.40. The summed E-state index contributed by atoms with van der Waals surface area (Å²) in [7, 11) is 1.59. The number of hydrogen-bond donors (Lipinski definition) is 2. The van der Waals surface area contributed by atoms with Gasteiger partial charge in [-0.05, 0) is 24.1 Å². The van der Waals surface area contributed by atoms with E-state index < -0.39 is 5.91 Å². The Morgan fingerprint density at radius 2 is 2.14 bits per heavy atom. The molecule has 0 saturated heterocycles. The van der Waals surface area contributed by atoms with Gasteiger partial charge in [0.05, 0.1) is 0 Å². The van der Waals surface area contributed by atoms with Crippen molar-refractivity contribution in [2.45, 2.75) is 13.0 Å². The number of hydrogen-bond acceptors (Lipinski definition) is 4. The van der Waals surface area contributed by atoms with E-state index in [4.69, 9.17) is 10.00 Å². The number of rotatable bonds is 8. The fourth-order valence-corrected chi connectivity index (χ4v) is 1.54. The summed E-state index contributed by atoms with van der Waals surface area (Å²) in [5.74, 6) is -0.734. The minimum Gasteiger partial charge on any atom is -0.386 e. The number of nitrogens with one attached hydrogen (secondary N) is 2. The fourth-order valence-electron chi connectivity index (χ4n) is 1.54. The van der Waals surface area contributed by atoms with Crippen LogP contribution in [0.5, 0.6) is 0 Å². The number of benzene rings is 1. The molecule has 2 N–H and O–H groups in total. The number of nitrogens with zero attached hydrogens (tertiary/aromatic N) is 1. The third-order valence-electron chi connectivity index (χ3n) is 2.64. The minimum atomic E-state index is -0.430. The zero-order valence-electron chi connectivity index (χ0n) is 11.9. The number of carbonyl (C=O) groups excluding carboxylic acids is 1. The second-order valence-corrected chi connectivity index (χ2v) is 4.28. The van der Waals surface area contributed by atoms with Crippen LogP contribution in [0.15, 0.2) is 36.0 Å². The van der Waals surface area contributed by atoms with Gasteiger partial charge in [-0.3, -0.25) is 4.79 Å². The van der Waals surface area contributed by atoms with Crippen LogP contribution in [0.1, 0.15) is 12.0 Å². The second kappa shape index (κ2) is 9.50. The van der Waals surface area contributed by atoms with Gasteiger partial charge in [-0.25, -0.2) is 4.39 Å². The molecule has 0 radical (unpaired) electrons. The van der Waals surface area contributed by atoms with Gasteiger partial charge in [0.1, 0.15) is 17.5 Å². The smallest absolute Gasteiger partial charge is 0.263 e. The summed E-state index contributed by atoms with van der Waals surface area (Å²) in [5.41, 5.74) is 0.847. The highest BCUT2D eigenvalue weighted by Crippen LogP contribution is 2.02. The van der Waals surface area contributed by atoms with Gasteiger partial charge in [-0.15, -0.1) is 0 Å². The normalized spacial score (nSPS) is 10.8. The first kappa shape index (κ1) is 16.7. The van der Waals surface area contributed by atoms with Gasteiger partial charge in [0, 0.05) is 33.0 Å². The van der Waals surface area contributed by atoms with E-state index in [1.807, 2.05) is 6.07 Å². The molecule has 0 aliphatic carbocycles. The van der Waals surface area contributed by atoms with Crippen molar-refractivity contribution in [1.29, 1.82) is 5.26 Å². The van der Waals surface area contributed by atoms with Gasteiger partial charge >= 0.3 is 0 Å². The molecule has 6 heteroatoms. The summed E-state index contributed by atoms with van der Waals surface area (Å²) >= 11 is 0. The maximum absolute atomic E-state index is 12.7. The monoisotopic (exact) mass is 291 g/mol. The molecule has 0 aliphatic heterocycles. The van der Waals surface area contributed by atoms with Crippen molar-refractivity contribution in [3.63, 3.8) is 0 Å². The number of halogens is 1. The van der Waals surface area contributed by atoms with E-state index in [9.17, 15) is 9.18 Å². The maximum Gasteiger partial charge on any atom is 0.263 e. The molecule has 1 aromatic rings. The molecule has 21 heavy (non-hydrogen) atoms. The van der Waals surface area contributed by atoms with Crippen LogP contribution >= 0.6 is 0 Å². The molecule has 0 heterocycles. The molecular weight excluding hydrogens is 273 g/mol. The Hall–Kier alpha value is -2.39. The minimum absolute atomic E-state index is 0.00507. The average molecular weight is 291 g/mol. The highest BCUT2D eigenvalue weighted by Gasteiger charge is 2.07. The molecule has 0 unspecified atom stereocenters. The van der Waals surface area contributed by atoms with Crippen LogP contribution < -0.4 is 10.6 Å². The predicted molar refractivity (Wildman–Crippen MR) is 76.4 cm³/mol. The Labute approximate surface area is 123 Å². The largest absolute Gasteiger partial charge is 0.386 e. The van der Waals surface area contributed by atoms with E-state index >= 15 is 0 Å². The van der Waals surface area contributed by atoms with Crippen molar-refractivity contribution >= 4 is 5.91 Å². The SMILES string of the molecule is COCCCNC(=O)/C(C#N)=C\NCc1ccc(F)cc1. The first-order chi connectivity index (χ1) is 10.2. The number of amides is 1. The van der Waals surface area contributed by atoms with Gasteiger partial charge in [0.15, 0.2) is 0 Å². The van der Waals surface area contributed by atoms with E-state index in [0.29, 0.717) is 26.1 Å². The van der Waals surface area contributed by atoms with Crippen molar-refractivity contribution in [3.05, 3.63) is 47.4 Å². The number of nitriles is 1. The molecule has 0 aromatic heterocycles. The van der Waals surface area contributed by atoms with Gasteiger partial charge in [0.2, 0.25) is 0 Å². The summed E-state index contributed by atoms with van der Waals surface area (Å²) < 4.78 is 17.6. The quantitative estimate of drug-likeness (QED) is 0.432. The van der Waals surface area contributed by atoms with E-state index in [1.165, 1.54) is 18.3 Å². The third kappa shape index (κ3) is 6.54. The topological polar surface area (TPSA) is 74.1 Å². The number of carbonyl (C=O) groups is 1. The Balaban J connectivity index is 2.42. The molecule has 0 fully saturated rings. The summed E-state index contributed by atoms with van der Waals surface area (Å²) in [6.07, 6.45) is 2.04. The predicted octanol–water partition coefficient (Wildman–Crippen LogP) is 1.48. The first-order valence-electron chi connectivity index (χ1n) is 6.52. The fraction of sp³-hybridized carbons (Fsp3) is 0.333. The van der Waals surface area contributed by atoms with Gasteiger partial charge in [0.25, 0.3) is 5.91 Å². The number of methoxy groups -OCH3 is 1. The standard InChI is InChI=1S/C15H18FN3O2/c1-21-8-2-7-19-15(20)13(9-17)11-18-10-12-3-5-14(16)6-4-12/h3-6,11,18H,2,7-8,10H2,1H3,(H,19,20)/b13-11-. The molecule has 1 rings (SSSR count). The van der Waals surface area contributed by atoms with Crippen LogP contribution in [0.2, 0.25) is 0 Å². The summed E-state index contributed by atoms with van der Waals surface area (Å²) in [6, 6.07) is 7.81. The summed E-state index contributed by atoms with van der Waals surface area (Å²) in [5, 5.41) is 14.4. The number of ether oxygens (including phenoxy) is 1. The molecular formula is C15H18FN3O2. The molecule has 5 nitrogen and oxygen atoms in total. The lowest BCUT2D eigenvalue weighted by Crippen LogP contribution is -2.27. The molecule has 0 bridgehead atoms. The highest BCUT2D eigenvalue weighted by molar-refractivity contribution is 5.97. The Morgan fingerprint density at radius 1 is 1.43 bits per heavy atom. The maximum atomic E-state index is 12.7. The molecule has 0 saturated carbocycles. The van der Waals surface area contributed by atoms with Crippen molar-refractivity contribution in [1.82, 2.24) is 10.6 Å². The van der Waals surface area contributed by atoms with Crippen LogP contribution in [0.3, 0.4) is 0 Å². The highest BCUT2D eigenvalue weighted by atomic mass is 19.1. The zero-order chi connectivity index (χ0) is 15.5. The first-order valence-corrected chi connectivity index (χ1v) is 6.52. The zero-order valence-corrected chi connectivity index (χ0v) is 11.9. The van der Waals surface area contributed by atoms with E-state index in [0.717, 1.165) is 5.56 Å². The molecule has 112 valence electrons. The van der Waals surface area contributed by atoms with Gasteiger partial charge in [-0.1, -0.05) is 12.1 Å². The van der Waals surface area contributed by atoms with E-state index in [-0.39, 0.29) is 11.4 Å². The summed E-state index contributed by atoms with van der Waals surface area (Å²) in [4.78, 5) is 11.7. The molecule has 1 amide bonds. The van der Waals surface area contributed by atoms with Crippen LogP contribution in [0.4, 0.5) is 4.39 Å². The van der Waals surface area contributed by atoms with Crippen LogP contribution in [-0.2, 0) is 16.1 Å². The molecule has 1 aromatic carbocycles. The van der Waals surface area contributed by atoms with Crippen LogP contribution in [0, 0.1) is 17.1 Å². The van der Waals surface area contributed by atoms with Crippen molar-refractivity contribution in [2.75, 3.05) is 20.3 Å². The average Bonchev–Trinajstić information content (AvgIpc) is 2.50. The lowest BCUT2D eigenvalue weighted by molar-refractivity contribution is -0.117. The van der Waals surface area contributed by atoms with Crippen LogP contribution in [-0.4, -0.2) is 26.2 Å². The van der Waals surface area contributed by atoms with E-state index in [1.54, 1.807) is 19.2 Å². The Morgan fingerprint density at radius 3 is 2.76 bits per heavy atom. The molecule has 0 atom stereocenters. The van der Waals surface area contributed by atoms with Crippen molar-refractivity contribution < 1.29 is 13.9 Å². The Kier molecular flexibility index (Phi) is 7.54. The second-order valence-electron chi connectivity index (χ2n) is 4.28.